The lowest BCUT2D eigenvalue weighted by Crippen LogP contribution is -2.26. The molecule has 0 bridgehead atoms. The normalized spacial score (nSPS) is 10.4. The molecule has 6 heteroatoms. The third kappa shape index (κ3) is 3.58. The summed E-state index contributed by atoms with van der Waals surface area (Å²) in [6.45, 7) is 2.91. The van der Waals surface area contributed by atoms with Crippen molar-refractivity contribution >= 4 is 5.91 Å². The van der Waals surface area contributed by atoms with Crippen LogP contribution >= 0.6 is 0 Å². The van der Waals surface area contributed by atoms with E-state index in [1.165, 1.54) is 0 Å². The van der Waals surface area contributed by atoms with Crippen LogP contribution in [-0.2, 0) is 13.6 Å². The molecule has 1 heterocycles. The number of aromatic nitrogens is 2. The molecule has 6 nitrogen and oxygen atoms in total. The summed E-state index contributed by atoms with van der Waals surface area (Å²) in [6, 6.07) is 5.20. The second-order valence-corrected chi connectivity index (χ2v) is 4.98. The Morgan fingerprint density at radius 2 is 2.14 bits per heavy atom. The fourth-order valence-electron chi connectivity index (χ4n) is 2.20. The standard InChI is InChI=1S/C16H21N3O3/c1-5-22-15-8-13(6-7-14(15)21-4)16(20)18(2)10-12-9-17-19(3)11-12/h6-9,11H,5,10H2,1-4H3. The number of carbonyl (C=O) groups is 1. The van der Waals surface area contributed by atoms with Crippen LogP contribution in [0.4, 0.5) is 0 Å². The molecule has 1 aromatic carbocycles. The summed E-state index contributed by atoms with van der Waals surface area (Å²) in [6.07, 6.45) is 3.65. The van der Waals surface area contributed by atoms with Gasteiger partial charge in [0, 0.05) is 38.0 Å². The zero-order valence-corrected chi connectivity index (χ0v) is 13.4. The van der Waals surface area contributed by atoms with E-state index < -0.39 is 0 Å². The fraction of sp³-hybridized carbons (Fsp3) is 0.375. The molecule has 2 aromatic rings. The highest BCUT2D eigenvalue weighted by molar-refractivity contribution is 5.94. The first-order valence-electron chi connectivity index (χ1n) is 7.09. The molecule has 0 saturated carbocycles. The Morgan fingerprint density at radius 3 is 2.73 bits per heavy atom. The van der Waals surface area contributed by atoms with Crippen LogP contribution in [0.25, 0.3) is 0 Å². The quantitative estimate of drug-likeness (QED) is 0.820. The predicted molar refractivity (Wildman–Crippen MR) is 83.2 cm³/mol. The Labute approximate surface area is 130 Å². The maximum atomic E-state index is 12.5. The summed E-state index contributed by atoms with van der Waals surface area (Å²) in [5, 5.41) is 4.11. The zero-order chi connectivity index (χ0) is 16.1. The average molecular weight is 303 g/mol. The summed E-state index contributed by atoms with van der Waals surface area (Å²) in [7, 11) is 5.19. The van der Waals surface area contributed by atoms with E-state index in [4.69, 9.17) is 9.47 Å². The molecule has 22 heavy (non-hydrogen) atoms. The van der Waals surface area contributed by atoms with Gasteiger partial charge in [-0.15, -0.1) is 0 Å². The van der Waals surface area contributed by atoms with E-state index in [1.807, 2.05) is 20.2 Å². The lowest BCUT2D eigenvalue weighted by Gasteiger charge is -2.17. The molecule has 118 valence electrons. The van der Waals surface area contributed by atoms with Gasteiger partial charge in [0.15, 0.2) is 11.5 Å². The SMILES string of the molecule is CCOc1cc(C(=O)N(C)Cc2cnn(C)c2)ccc1OC. The van der Waals surface area contributed by atoms with Gasteiger partial charge >= 0.3 is 0 Å². The van der Waals surface area contributed by atoms with Crippen molar-refractivity contribution in [2.24, 2.45) is 7.05 Å². The van der Waals surface area contributed by atoms with E-state index >= 15 is 0 Å². The number of rotatable bonds is 6. The van der Waals surface area contributed by atoms with Crippen molar-refractivity contribution in [3.05, 3.63) is 41.7 Å². The molecule has 1 aromatic heterocycles. The first kappa shape index (κ1) is 15.9. The lowest BCUT2D eigenvalue weighted by atomic mass is 10.1. The van der Waals surface area contributed by atoms with Gasteiger partial charge in [-0.25, -0.2) is 0 Å². The maximum absolute atomic E-state index is 12.5. The Balaban J connectivity index is 2.15. The largest absolute Gasteiger partial charge is 0.493 e. The first-order valence-corrected chi connectivity index (χ1v) is 7.09. The van der Waals surface area contributed by atoms with E-state index in [2.05, 4.69) is 5.10 Å². The van der Waals surface area contributed by atoms with E-state index in [1.54, 1.807) is 48.1 Å². The third-order valence-corrected chi connectivity index (χ3v) is 3.24. The average Bonchev–Trinajstić information content (AvgIpc) is 2.91. The van der Waals surface area contributed by atoms with Gasteiger partial charge in [-0.2, -0.15) is 5.10 Å². The van der Waals surface area contributed by atoms with Crippen molar-refractivity contribution in [3.63, 3.8) is 0 Å². The number of carbonyl (C=O) groups excluding carboxylic acids is 1. The minimum absolute atomic E-state index is 0.0764. The Hall–Kier alpha value is -2.50. The Kier molecular flexibility index (Phi) is 5.04. The predicted octanol–water partition coefficient (Wildman–Crippen LogP) is 2.10. The minimum Gasteiger partial charge on any atom is -0.493 e. The van der Waals surface area contributed by atoms with Crippen molar-refractivity contribution in [2.75, 3.05) is 20.8 Å². The number of nitrogens with zero attached hydrogens (tertiary/aromatic N) is 3. The monoisotopic (exact) mass is 303 g/mol. The molecule has 0 atom stereocenters. The van der Waals surface area contributed by atoms with E-state index in [0.717, 1.165) is 5.56 Å². The number of benzene rings is 1. The first-order chi connectivity index (χ1) is 10.5. The minimum atomic E-state index is -0.0764. The van der Waals surface area contributed by atoms with Crippen molar-refractivity contribution in [2.45, 2.75) is 13.5 Å². The summed E-state index contributed by atoms with van der Waals surface area (Å²) < 4.78 is 12.5. The second-order valence-electron chi connectivity index (χ2n) is 4.98. The number of amides is 1. The molecule has 0 aliphatic heterocycles. The number of hydrogen-bond acceptors (Lipinski definition) is 4. The van der Waals surface area contributed by atoms with Crippen LogP contribution in [0, 0.1) is 0 Å². The molecule has 0 saturated heterocycles. The fourth-order valence-corrected chi connectivity index (χ4v) is 2.20. The van der Waals surface area contributed by atoms with Crippen LogP contribution < -0.4 is 9.47 Å². The Morgan fingerprint density at radius 1 is 1.36 bits per heavy atom. The van der Waals surface area contributed by atoms with Crippen LogP contribution in [0.15, 0.2) is 30.6 Å². The van der Waals surface area contributed by atoms with Crippen LogP contribution in [0.5, 0.6) is 11.5 Å². The van der Waals surface area contributed by atoms with E-state index in [9.17, 15) is 4.79 Å². The smallest absolute Gasteiger partial charge is 0.254 e. The molecule has 2 rings (SSSR count). The second kappa shape index (κ2) is 6.98. The molecule has 0 unspecified atom stereocenters. The van der Waals surface area contributed by atoms with Crippen molar-refractivity contribution in [1.82, 2.24) is 14.7 Å². The number of ether oxygens (including phenoxy) is 2. The van der Waals surface area contributed by atoms with Crippen molar-refractivity contribution < 1.29 is 14.3 Å². The van der Waals surface area contributed by atoms with Crippen LogP contribution in [0.2, 0.25) is 0 Å². The summed E-state index contributed by atoms with van der Waals surface area (Å²) >= 11 is 0. The lowest BCUT2D eigenvalue weighted by molar-refractivity contribution is 0.0784. The molecule has 0 radical (unpaired) electrons. The molecule has 0 aliphatic rings. The van der Waals surface area contributed by atoms with E-state index in [0.29, 0.717) is 30.2 Å². The summed E-state index contributed by atoms with van der Waals surface area (Å²) in [4.78, 5) is 14.2. The number of methoxy groups -OCH3 is 1. The molecule has 1 amide bonds. The molecule has 0 aliphatic carbocycles. The maximum Gasteiger partial charge on any atom is 0.254 e. The number of hydrogen-bond donors (Lipinski definition) is 0. The number of aryl methyl sites for hydroxylation is 1. The zero-order valence-electron chi connectivity index (χ0n) is 13.4. The third-order valence-electron chi connectivity index (χ3n) is 3.24. The topological polar surface area (TPSA) is 56.6 Å². The van der Waals surface area contributed by atoms with Crippen LogP contribution in [0.1, 0.15) is 22.8 Å². The molecular weight excluding hydrogens is 282 g/mol. The highest BCUT2D eigenvalue weighted by Gasteiger charge is 2.15. The van der Waals surface area contributed by atoms with Gasteiger partial charge in [0.1, 0.15) is 0 Å². The highest BCUT2D eigenvalue weighted by Crippen LogP contribution is 2.28. The van der Waals surface area contributed by atoms with Gasteiger partial charge in [0.2, 0.25) is 0 Å². The van der Waals surface area contributed by atoms with Gasteiger partial charge in [0.25, 0.3) is 5.91 Å². The highest BCUT2D eigenvalue weighted by atomic mass is 16.5. The van der Waals surface area contributed by atoms with Crippen molar-refractivity contribution in [3.8, 4) is 11.5 Å². The summed E-state index contributed by atoms with van der Waals surface area (Å²) in [5.74, 6) is 1.12. The van der Waals surface area contributed by atoms with Gasteiger partial charge in [-0.3, -0.25) is 9.48 Å². The molecule has 0 fully saturated rings. The van der Waals surface area contributed by atoms with Gasteiger partial charge in [0.05, 0.1) is 19.9 Å². The molecule has 0 N–H and O–H groups in total. The van der Waals surface area contributed by atoms with Gasteiger partial charge in [-0.05, 0) is 25.1 Å². The van der Waals surface area contributed by atoms with Crippen LogP contribution in [-0.4, -0.2) is 41.4 Å². The van der Waals surface area contributed by atoms with Gasteiger partial charge in [-0.1, -0.05) is 0 Å². The van der Waals surface area contributed by atoms with Gasteiger partial charge < -0.3 is 14.4 Å². The summed E-state index contributed by atoms with van der Waals surface area (Å²) in [5.41, 5.74) is 1.55. The molecular formula is C16H21N3O3. The van der Waals surface area contributed by atoms with Crippen molar-refractivity contribution in [1.29, 1.82) is 0 Å². The Bertz CT molecular complexity index is 652. The van der Waals surface area contributed by atoms with Crippen LogP contribution in [0.3, 0.4) is 0 Å². The van der Waals surface area contributed by atoms with E-state index in [-0.39, 0.29) is 5.91 Å². The molecule has 0 spiro atoms.